The number of rotatable bonds is 2. The van der Waals surface area contributed by atoms with E-state index in [9.17, 15) is 0 Å². The first kappa shape index (κ1) is 22.8. The topological polar surface area (TPSA) is 30.7 Å². The first-order valence-electron chi connectivity index (χ1n) is 11.3. The molecule has 0 fully saturated rings. The van der Waals surface area contributed by atoms with Crippen LogP contribution in [0.4, 0.5) is 0 Å². The molecule has 3 nitrogen and oxygen atoms in total. The molecule has 0 spiro atoms. The quantitative estimate of drug-likeness (QED) is 0.207. The minimum atomic E-state index is 0.839. The Labute approximate surface area is 215 Å². The number of hydrogen-bond acceptors (Lipinski definition) is 2. The highest BCUT2D eigenvalue weighted by Gasteiger charge is 2.17. The molecule has 0 saturated carbocycles. The number of fused-ring (bicyclic) bond motifs is 4. The Hall–Kier alpha value is -3.02. The molecule has 0 saturated heterocycles. The molecule has 0 bridgehead atoms. The summed E-state index contributed by atoms with van der Waals surface area (Å²) in [4.78, 5) is 10.2. The molecular formula is C29H23Br2N3. The van der Waals surface area contributed by atoms with E-state index in [-0.39, 0.29) is 0 Å². The minimum Gasteiger partial charge on any atom is -0.344 e. The number of para-hydroxylation sites is 1. The van der Waals surface area contributed by atoms with Gasteiger partial charge in [0.25, 0.3) is 0 Å². The second kappa shape index (κ2) is 9.32. The lowest BCUT2D eigenvalue weighted by Crippen LogP contribution is -1.97. The lowest BCUT2D eigenvalue weighted by molar-refractivity contribution is 1.01. The standard InChI is InChI=1S/C27H17Br2N3.C2H6/c1-32-22-10-6-5-9-18(22)19-12-11-17(15-23(19)32)25-24(16-7-3-2-4-8-16)30-26-20(28)13-14-21(29)27(26)31-25;1-2/h2-15H,1H3;1-2H3. The van der Waals surface area contributed by atoms with Crippen LogP contribution in [0.3, 0.4) is 0 Å². The summed E-state index contributed by atoms with van der Waals surface area (Å²) in [5.74, 6) is 0. The molecule has 0 N–H and O–H groups in total. The molecule has 0 aliphatic heterocycles. The maximum atomic E-state index is 5.12. The fourth-order valence-corrected chi connectivity index (χ4v) is 5.20. The van der Waals surface area contributed by atoms with E-state index >= 15 is 0 Å². The summed E-state index contributed by atoms with van der Waals surface area (Å²) in [5, 5.41) is 2.50. The zero-order valence-electron chi connectivity index (χ0n) is 19.2. The van der Waals surface area contributed by atoms with Crippen LogP contribution in [0.2, 0.25) is 0 Å². The summed E-state index contributed by atoms with van der Waals surface area (Å²) in [6.07, 6.45) is 0. The van der Waals surface area contributed by atoms with Crippen LogP contribution in [0, 0.1) is 0 Å². The number of halogens is 2. The third kappa shape index (κ3) is 3.73. The summed E-state index contributed by atoms with van der Waals surface area (Å²) in [7, 11) is 2.12. The lowest BCUT2D eigenvalue weighted by atomic mass is 10.0. The third-order valence-electron chi connectivity index (χ3n) is 5.96. The van der Waals surface area contributed by atoms with Crippen molar-refractivity contribution in [1.82, 2.24) is 14.5 Å². The Kier molecular flexibility index (Phi) is 6.24. The summed E-state index contributed by atoms with van der Waals surface area (Å²) in [5.41, 5.74) is 7.91. The number of aryl methyl sites for hydroxylation is 1. The Balaban J connectivity index is 0.00000117. The molecule has 2 aromatic heterocycles. The van der Waals surface area contributed by atoms with E-state index < -0.39 is 0 Å². The van der Waals surface area contributed by atoms with Gasteiger partial charge in [-0.15, -0.1) is 0 Å². The van der Waals surface area contributed by atoms with Gasteiger partial charge in [0.15, 0.2) is 0 Å². The second-order valence-corrected chi connectivity index (χ2v) is 9.53. The van der Waals surface area contributed by atoms with Crippen molar-refractivity contribution < 1.29 is 0 Å². The van der Waals surface area contributed by atoms with Crippen LogP contribution in [-0.4, -0.2) is 14.5 Å². The van der Waals surface area contributed by atoms with Crippen molar-refractivity contribution in [2.45, 2.75) is 13.8 Å². The Morgan fingerprint density at radius 3 is 1.82 bits per heavy atom. The molecule has 0 radical (unpaired) electrons. The van der Waals surface area contributed by atoms with Gasteiger partial charge in [-0.05, 0) is 56.1 Å². The Morgan fingerprint density at radius 2 is 1.15 bits per heavy atom. The van der Waals surface area contributed by atoms with Gasteiger partial charge in [-0.1, -0.05) is 74.5 Å². The van der Waals surface area contributed by atoms with E-state index in [2.05, 4.69) is 98.1 Å². The highest BCUT2D eigenvalue weighted by atomic mass is 79.9. The summed E-state index contributed by atoms with van der Waals surface area (Å²) in [6, 6.07) is 29.3. The fourth-order valence-electron chi connectivity index (χ4n) is 4.38. The molecule has 6 rings (SSSR count). The van der Waals surface area contributed by atoms with Gasteiger partial charge >= 0.3 is 0 Å². The van der Waals surface area contributed by atoms with E-state index in [0.717, 1.165) is 42.5 Å². The molecule has 4 aromatic carbocycles. The lowest BCUT2D eigenvalue weighted by Gasteiger charge is -2.13. The highest BCUT2D eigenvalue weighted by molar-refractivity contribution is 9.11. The van der Waals surface area contributed by atoms with Gasteiger partial charge < -0.3 is 4.57 Å². The predicted molar refractivity (Wildman–Crippen MR) is 151 cm³/mol. The van der Waals surface area contributed by atoms with Gasteiger partial charge in [-0.3, -0.25) is 0 Å². The zero-order valence-corrected chi connectivity index (χ0v) is 22.4. The van der Waals surface area contributed by atoms with Crippen molar-refractivity contribution in [3.63, 3.8) is 0 Å². The van der Waals surface area contributed by atoms with E-state index in [1.807, 2.05) is 44.2 Å². The zero-order chi connectivity index (χ0) is 23.8. The molecule has 0 aliphatic rings. The monoisotopic (exact) mass is 571 g/mol. The third-order valence-corrected chi connectivity index (χ3v) is 7.24. The molecule has 6 aromatic rings. The summed E-state index contributed by atoms with van der Waals surface area (Å²) < 4.78 is 4.10. The molecule has 0 atom stereocenters. The van der Waals surface area contributed by atoms with Crippen LogP contribution in [0.5, 0.6) is 0 Å². The molecule has 34 heavy (non-hydrogen) atoms. The average Bonchev–Trinajstić information content (AvgIpc) is 3.19. The predicted octanol–water partition coefficient (Wildman–Crippen LogP) is 9.16. The number of aromatic nitrogens is 3. The Morgan fingerprint density at radius 1 is 0.588 bits per heavy atom. The average molecular weight is 573 g/mol. The van der Waals surface area contributed by atoms with Gasteiger partial charge in [-0.2, -0.15) is 0 Å². The maximum absolute atomic E-state index is 5.12. The van der Waals surface area contributed by atoms with Crippen molar-refractivity contribution in [3.8, 4) is 22.5 Å². The van der Waals surface area contributed by atoms with Gasteiger partial charge in [0, 0.05) is 48.9 Å². The van der Waals surface area contributed by atoms with Gasteiger partial charge in [0.2, 0.25) is 0 Å². The van der Waals surface area contributed by atoms with Gasteiger partial charge in [0.1, 0.15) is 11.0 Å². The van der Waals surface area contributed by atoms with E-state index in [1.165, 1.54) is 21.8 Å². The van der Waals surface area contributed by atoms with Gasteiger partial charge in [0.05, 0.1) is 11.4 Å². The molecule has 5 heteroatoms. The summed E-state index contributed by atoms with van der Waals surface area (Å²) >= 11 is 7.32. The highest BCUT2D eigenvalue weighted by Crippen LogP contribution is 2.37. The summed E-state index contributed by atoms with van der Waals surface area (Å²) in [6.45, 7) is 4.00. The number of nitrogens with zero attached hydrogens (tertiary/aromatic N) is 3. The van der Waals surface area contributed by atoms with Crippen molar-refractivity contribution in [1.29, 1.82) is 0 Å². The van der Waals surface area contributed by atoms with E-state index in [4.69, 9.17) is 9.97 Å². The normalized spacial score (nSPS) is 11.1. The van der Waals surface area contributed by atoms with Crippen molar-refractivity contribution in [2.24, 2.45) is 7.05 Å². The van der Waals surface area contributed by atoms with Crippen molar-refractivity contribution >= 4 is 64.7 Å². The number of benzene rings is 4. The van der Waals surface area contributed by atoms with E-state index in [0.29, 0.717) is 0 Å². The first-order valence-corrected chi connectivity index (χ1v) is 12.9. The molecule has 0 amide bonds. The minimum absolute atomic E-state index is 0.839. The molecule has 168 valence electrons. The van der Waals surface area contributed by atoms with Crippen LogP contribution < -0.4 is 0 Å². The van der Waals surface area contributed by atoms with Crippen LogP contribution in [0.15, 0.2) is 93.9 Å². The second-order valence-electron chi connectivity index (χ2n) is 7.82. The SMILES string of the molecule is CC.Cn1c2ccccc2c2ccc(-c3nc4c(Br)ccc(Br)c4nc3-c3ccccc3)cc21. The fraction of sp³-hybridized carbons (Fsp3) is 0.103. The first-order chi connectivity index (χ1) is 16.6. The Bertz CT molecular complexity index is 1650. The van der Waals surface area contributed by atoms with Crippen LogP contribution in [0.25, 0.3) is 55.4 Å². The van der Waals surface area contributed by atoms with Crippen molar-refractivity contribution in [2.75, 3.05) is 0 Å². The van der Waals surface area contributed by atoms with Crippen molar-refractivity contribution in [3.05, 3.63) is 93.9 Å². The molecular weight excluding hydrogens is 550 g/mol. The molecule has 0 unspecified atom stereocenters. The van der Waals surface area contributed by atoms with Crippen LogP contribution in [0.1, 0.15) is 13.8 Å². The maximum Gasteiger partial charge on any atom is 0.105 e. The van der Waals surface area contributed by atoms with Crippen LogP contribution in [-0.2, 0) is 7.05 Å². The smallest absolute Gasteiger partial charge is 0.105 e. The largest absolute Gasteiger partial charge is 0.344 e. The molecule has 2 heterocycles. The van der Waals surface area contributed by atoms with E-state index in [1.54, 1.807) is 0 Å². The van der Waals surface area contributed by atoms with Crippen LogP contribution >= 0.6 is 31.9 Å². The molecule has 0 aliphatic carbocycles. The van der Waals surface area contributed by atoms with Gasteiger partial charge in [-0.25, -0.2) is 9.97 Å². The number of hydrogen-bond donors (Lipinski definition) is 0.